The minimum Gasteiger partial charge on any atom is -0.490 e. The van der Waals surface area contributed by atoms with E-state index in [9.17, 15) is 4.79 Å². The fourth-order valence-corrected chi connectivity index (χ4v) is 3.71. The van der Waals surface area contributed by atoms with Gasteiger partial charge in [-0.25, -0.2) is 4.98 Å². The summed E-state index contributed by atoms with van der Waals surface area (Å²) in [5.74, 6) is 1.20. The Bertz CT molecular complexity index is 1280. The summed E-state index contributed by atoms with van der Waals surface area (Å²) in [5, 5.41) is 4.06. The number of carbonyl (C=O) groups is 1. The first-order chi connectivity index (χ1) is 16.6. The summed E-state index contributed by atoms with van der Waals surface area (Å²) >= 11 is 0. The Kier molecular flexibility index (Phi) is 7.28. The number of hydrogen-bond donors (Lipinski definition) is 1. The number of hydrogen-bond acceptors (Lipinski definition) is 5. The first-order valence-electron chi connectivity index (χ1n) is 11.5. The molecule has 34 heavy (non-hydrogen) atoms. The van der Waals surface area contributed by atoms with Gasteiger partial charge in [0, 0.05) is 22.2 Å². The monoisotopic (exact) mass is 456 g/mol. The predicted molar refractivity (Wildman–Crippen MR) is 135 cm³/mol. The first kappa shape index (κ1) is 23.1. The van der Waals surface area contributed by atoms with Gasteiger partial charge in [0.2, 0.25) is 5.75 Å². The molecule has 0 unspecified atom stereocenters. The van der Waals surface area contributed by atoms with Crippen LogP contribution < -0.4 is 19.5 Å². The number of carbonyl (C=O) groups excluding carboxylic acids is 1. The zero-order valence-electron chi connectivity index (χ0n) is 19.6. The van der Waals surface area contributed by atoms with E-state index < -0.39 is 0 Å². The Morgan fingerprint density at radius 1 is 0.794 bits per heavy atom. The smallest absolute Gasteiger partial charge is 0.255 e. The first-order valence-corrected chi connectivity index (χ1v) is 11.5. The van der Waals surface area contributed by atoms with Crippen LogP contribution in [0.5, 0.6) is 17.2 Å². The largest absolute Gasteiger partial charge is 0.490 e. The lowest BCUT2D eigenvalue weighted by molar-refractivity contribution is 0.102. The number of aromatic nitrogens is 1. The molecule has 1 aromatic heterocycles. The van der Waals surface area contributed by atoms with E-state index in [2.05, 4.69) is 5.32 Å². The third-order valence-electron chi connectivity index (χ3n) is 5.19. The van der Waals surface area contributed by atoms with Crippen LogP contribution in [0.2, 0.25) is 0 Å². The van der Waals surface area contributed by atoms with E-state index in [0.717, 1.165) is 22.2 Å². The fraction of sp³-hybridized carbons (Fsp3) is 0.214. The van der Waals surface area contributed by atoms with Crippen molar-refractivity contribution in [2.24, 2.45) is 0 Å². The van der Waals surface area contributed by atoms with Crippen molar-refractivity contribution >= 4 is 22.5 Å². The zero-order chi connectivity index (χ0) is 23.9. The van der Waals surface area contributed by atoms with Gasteiger partial charge in [0.1, 0.15) is 0 Å². The van der Waals surface area contributed by atoms with E-state index in [1.54, 1.807) is 12.1 Å². The van der Waals surface area contributed by atoms with Crippen LogP contribution in [0.4, 0.5) is 5.69 Å². The van der Waals surface area contributed by atoms with Crippen molar-refractivity contribution < 1.29 is 19.0 Å². The van der Waals surface area contributed by atoms with Gasteiger partial charge in [-0.15, -0.1) is 0 Å². The number of fused-ring (bicyclic) bond motifs is 1. The van der Waals surface area contributed by atoms with Crippen molar-refractivity contribution in [3.63, 3.8) is 0 Å². The summed E-state index contributed by atoms with van der Waals surface area (Å²) < 4.78 is 17.2. The quantitative estimate of drug-likeness (QED) is 0.318. The Hall–Kier alpha value is -4.06. The highest BCUT2D eigenvalue weighted by Crippen LogP contribution is 2.39. The molecule has 0 atom stereocenters. The third kappa shape index (κ3) is 5.12. The van der Waals surface area contributed by atoms with Crippen molar-refractivity contribution in [1.82, 2.24) is 4.98 Å². The van der Waals surface area contributed by atoms with Crippen molar-refractivity contribution in [1.29, 1.82) is 0 Å². The predicted octanol–water partition coefficient (Wildman–Crippen LogP) is 6.35. The van der Waals surface area contributed by atoms with E-state index in [4.69, 9.17) is 19.2 Å². The van der Waals surface area contributed by atoms with Crippen LogP contribution in [-0.4, -0.2) is 30.7 Å². The Morgan fingerprint density at radius 3 is 2.21 bits per heavy atom. The van der Waals surface area contributed by atoms with Crippen LogP contribution in [0.15, 0.2) is 72.8 Å². The molecule has 0 aliphatic rings. The van der Waals surface area contributed by atoms with Gasteiger partial charge in [-0.1, -0.05) is 36.4 Å². The number of nitrogens with zero attached hydrogens (tertiary/aromatic N) is 1. The highest BCUT2D eigenvalue weighted by molar-refractivity contribution is 6.05. The molecule has 4 aromatic rings. The lowest BCUT2D eigenvalue weighted by atomic mass is 10.1. The van der Waals surface area contributed by atoms with E-state index in [1.165, 1.54) is 0 Å². The van der Waals surface area contributed by atoms with Gasteiger partial charge in [0.25, 0.3) is 5.91 Å². The van der Waals surface area contributed by atoms with E-state index >= 15 is 0 Å². The number of para-hydroxylation sites is 1. The molecule has 0 aliphatic heterocycles. The molecule has 0 fully saturated rings. The van der Waals surface area contributed by atoms with Crippen LogP contribution >= 0.6 is 0 Å². The summed E-state index contributed by atoms with van der Waals surface area (Å²) in [4.78, 5) is 17.9. The maximum atomic E-state index is 13.1. The van der Waals surface area contributed by atoms with E-state index in [1.807, 2.05) is 81.4 Å². The molecule has 0 saturated carbocycles. The summed E-state index contributed by atoms with van der Waals surface area (Å²) in [6.07, 6.45) is 0. The van der Waals surface area contributed by atoms with Crippen molar-refractivity contribution in [3.8, 4) is 28.5 Å². The maximum Gasteiger partial charge on any atom is 0.255 e. The van der Waals surface area contributed by atoms with Gasteiger partial charge in [-0.3, -0.25) is 4.79 Å². The average Bonchev–Trinajstić information content (AvgIpc) is 2.86. The maximum absolute atomic E-state index is 13.1. The molecule has 0 aliphatic carbocycles. The molecule has 6 nitrogen and oxygen atoms in total. The SMILES string of the molecule is CCOc1cc(C(=O)Nc2cccc(-c3ccc4ccccc4n3)c2)cc(OCC)c1OCC. The van der Waals surface area contributed by atoms with Crippen LogP contribution in [0.3, 0.4) is 0 Å². The molecule has 6 heteroatoms. The normalized spacial score (nSPS) is 10.7. The molecule has 174 valence electrons. The Balaban J connectivity index is 1.62. The number of anilines is 1. The molecular weight excluding hydrogens is 428 g/mol. The van der Waals surface area contributed by atoms with Gasteiger partial charge < -0.3 is 19.5 Å². The Morgan fingerprint density at radius 2 is 1.50 bits per heavy atom. The van der Waals surface area contributed by atoms with Crippen LogP contribution in [-0.2, 0) is 0 Å². The lowest BCUT2D eigenvalue weighted by Gasteiger charge is -2.17. The van der Waals surface area contributed by atoms with Crippen LogP contribution in [0.25, 0.3) is 22.2 Å². The summed E-state index contributed by atoms with van der Waals surface area (Å²) in [5.41, 5.74) is 3.77. The van der Waals surface area contributed by atoms with E-state index in [-0.39, 0.29) is 5.91 Å². The van der Waals surface area contributed by atoms with Crippen LogP contribution in [0.1, 0.15) is 31.1 Å². The van der Waals surface area contributed by atoms with Crippen LogP contribution in [0, 0.1) is 0 Å². The topological polar surface area (TPSA) is 69.7 Å². The Labute approximate surface area is 199 Å². The van der Waals surface area contributed by atoms with Crippen molar-refractivity contribution in [2.75, 3.05) is 25.1 Å². The molecule has 3 aromatic carbocycles. The number of rotatable bonds is 9. The van der Waals surface area contributed by atoms with Gasteiger partial charge in [-0.2, -0.15) is 0 Å². The second kappa shape index (κ2) is 10.7. The molecule has 0 radical (unpaired) electrons. The zero-order valence-corrected chi connectivity index (χ0v) is 19.6. The molecule has 1 amide bonds. The number of pyridine rings is 1. The highest BCUT2D eigenvalue weighted by atomic mass is 16.5. The molecular formula is C28H28N2O4. The summed E-state index contributed by atoms with van der Waals surface area (Å²) in [7, 11) is 0. The van der Waals surface area contributed by atoms with Gasteiger partial charge in [0.15, 0.2) is 11.5 Å². The number of nitrogens with one attached hydrogen (secondary N) is 1. The number of amides is 1. The molecule has 4 rings (SSSR count). The van der Waals surface area contributed by atoms with Gasteiger partial charge >= 0.3 is 0 Å². The summed E-state index contributed by atoms with van der Waals surface area (Å²) in [6.45, 7) is 7.00. The summed E-state index contributed by atoms with van der Waals surface area (Å²) in [6, 6.07) is 23.0. The number of benzene rings is 3. The molecule has 1 heterocycles. The second-order valence-electron chi connectivity index (χ2n) is 7.52. The molecule has 0 bridgehead atoms. The van der Waals surface area contributed by atoms with Gasteiger partial charge in [0.05, 0.1) is 31.0 Å². The van der Waals surface area contributed by atoms with Gasteiger partial charge in [-0.05, 0) is 57.2 Å². The van der Waals surface area contributed by atoms with Crippen molar-refractivity contribution in [2.45, 2.75) is 20.8 Å². The minimum atomic E-state index is -0.270. The lowest BCUT2D eigenvalue weighted by Crippen LogP contribution is -2.13. The minimum absolute atomic E-state index is 0.270. The highest BCUT2D eigenvalue weighted by Gasteiger charge is 2.18. The average molecular weight is 457 g/mol. The van der Waals surface area contributed by atoms with Crippen molar-refractivity contribution in [3.05, 3.63) is 78.4 Å². The van der Waals surface area contributed by atoms with E-state index in [0.29, 0.717) is 48.3 Å². The molecule has 0 saturated heterocycles. The number of ether oxygens (including phenoxy) is 3. The molecule has 0 spiro atoms. The fourth-order valence-electron chi connectivity index (χ4n) is 3.71. The molecule has 1 N–H and O–H groups in total. The second-order valence-corrected chi connectivity index (χ2v) is 7.52. The third-order valence-corrected chi connectivity index (χ3v) is 5.19. The standard InChI is InChI=1S/C28H28N2O4/c1-4-32-25-17-21(18-26(33-5-2)27(25)34-6-3)28(31)29-22-12-9-11-20(16-22)24-15-14-19-10-7-8-13-23(19)30-24/h7-18H,4-6H2,1-3H3,(H,29,31).